The standard InChI is InChI=1S/C15H17ClF3N3O.ClH/c16-11-7-10(17)1-2-13(11)21-3-5-22(6-4-21)14(23)12-8-15(18,19)9-20-12;/h1-2,7,12,20H,3-6,8-9H2;1H. The average molecular weight is 384 g/mol. The molecule has 2 heterocycles. The second-order valence-corrected chi connectivity index (χ2v) is 6.31. The molecule has 0 aliphatic carbocycles. The number of carbonyl (C=O) groups excluding carboxylic acids is 1. The number of nitrogens with one attached hydrogen (secondary N) is 1. The fraction of sp³-hybridized carbons (Fsp3) is 0.533. The van der Waals surface area contributed by atoms with Crippen LogP contribution in [0.1, 0.15) is 6.42 Å². The van der Waals surface area contributed by atoms with Gasteiger partial charge in [-0.3, -0.25) is 10.1 Å². The number of anilines is 1. The van der Waals surface area contributed by atoms with Crippen molar-refractivity contribution in [3.05, 3.63) is 29.0 Å². The number of amides is 1. The van der Waals surface area contributed by atoms with Gasteiger partial charge in [-0.2, -0.15) is 0 Å². The smallest absolute Gasteiger partial charge is 0.262 e. The van der Waals surface area contributed by atoms with Gasteiger partial charge in [0.05, 0.1) is 23.3 Å². The van der Waals surface area contributed by atoms with E-state index in [1.807, 2.05) is 4.90 Å². The van der Waals surface area contributed by atoms with Crippen LogP contribution in [0.15, 0.2) is 18.2 Å². The van der Waals surface area contributed by atoms with Gasteiger partial charge in [0.1, 0.15) is 5.82 Å². The van der Waals surface area contributed by atoms with E-state index in [1.54, 1.807) is 11.0 Å². The summed E-state index contributed by atoms with van der Waals surface area (Å²) in [6.07, 6.45) is -0.449. The van der Waals surface area contributed by atoms with Gasteiger partial charge in [0.15, 0.2) is 0 Å². The number of carbonyl (C=O) groups is 1. The Balaban J connectivity index is 0.00000208. The third kappa shape index (κ3) is 4.07. The number of halogens is 5. The number of piperazine rings is 1. The maximum Gasteiger partial charge on any atom is 0.262 e. The fourth-order valence-corrected chi connectivity index (χ4v) is 3.30. The molecule has 3 rings (SSSR count). The highest BCUT2D eigenvalue weighted by Gasteiger charge is 2.43. The second kappa shape index (κ2) is 7.37. The quantitative estimate of drug-likeness (QED) is 0.852. The van der Waals surface area contributed by atoms with Gasteiger partial charge >= 0.3 is 0 Å². The summed E-state index contributed by atoms with van der Waals surface area (Å²) in [4.78, 5) is 15.8. The minimum atomic E-state index is -2.82. The number of nitrogens with zero attached hydrogens (tertiary/aromatic N) is 2. The predicted octanol–water partition coefficient (Wildman–Crippen LogP) is 2.55. The molecule has 0 bridgehead atoms. The Morgan fingerprint density at radius 3 is 2.46 bits per heavy atom. The summed E-state index contributed by atoms with van der Waals surface area (Å²) in [5.41, 5.74) is 0.714. The molecule has 2 saturated heterocycles. The van der Waals surface area contributed by atoms with Crippen LogP contribution in [0.2, 0.25) is 5.02 Å². The van der Waals surface area contributed by atoms with Crippen molar-refractivity contribution in [1.82, 2.24) is 10.2 Å². The van der Waals surface area contributed by atoms with Gasteiger partial charge in [-0.15, -0.1) is 12.4 Å². The summed E-state index contributed by atoms with van der Waals surface area (Å²) in [7, 11) is 0. The predicted molar refractivity (Wildman–Crippen MR) is 88.8 cm³/mol. The zero-order chi connectivity index (χ0) is 16.6. The Bertz CT molecular complexity index is 610. The van der Waals surface area contributed by atoms with Crippen LogP contribution in [-0.2, 0) is 4.79 Å². The van der Waals surface area contributed by atoms with E-state index in [2.05, 4.69) is 5.32 Å². The molecule has 2 aliphatic heterocycles. The lowest BCUT2D eigenvalue weighted by atomic mass is 10.1. The minimum absolute atomic E-state index is 0. The zero-order valence-electron chi connectivity index (χ0n) is 12.8. The van der Waals surface area contributed by atoms with Crippen LogP contribution < -0.4 is 10.2 Å². The van der Waals surface area contributed by atoms with Crippen molar-refractivity contribution in [2.45, 2.75) is 18.4 Å². The fourth-order valence-electron chi connectivity index (χ4n) is 3.02. The summed E-state index contributed by atoms with van der Waals surface area (Å²) in [5, 5.41) is 2.91. The Hall–Kier alpha value is -1.18. The molecule has 2 aliphatic rings. The second-order valence-electron chi connectivity index (χ2n) is 5.90. The highest BCUT2D eigenvalue weighted by atomic mass is 35.5. The lowest BCUT2D eigenvalue weighted by Crippen LogP contribution is -2.53. The molecule has 2 fully saturated rings. The lowest BCUT2D eigenvalue weighted by molar-refractivity contribution is -0.134. The molecule has 1 aromatic rings. The van der Waals surface area contributed by atoms with Crippen molar-refractivity contribution in [2.24, 2.45) is 0 Å². The number of rotatable bonds is 2. The lowest BCUT2D eigenvalue weighted by Gasteiger charge is -2.37. The van der Waals surface area contributed by atoms with E-state index in [-0.39, 0.29) is 18.3 Å². The summed E-state index contributed by atoms with van der Waals surface area (Å²) in [5.74, 6) is -3.50. The van der Waals surface area contributed by atoms with E-state index >= 15 is 0 Å². The van der Waals surface area contributed by atoms with Crippen LogP contribution in [0.5, 0.6) is 0 Å². The molecule has 24 heavy (non-hydrogen) atoms. The maximum absolute atomic E-state index is 13.2. The number of benzene rings is 1. The number of hydrogen-bond donors (Lipinski definition) is 1. The molecule has 9 heteroatoms. The Morgan fingerprint density at radius 1 is 1.25 bits per heavy atom. The number of hydrogen-bond acceptors (Lipinski definition) is 3. The Morgan fingerprint density at radius 2 is 1.92 bits per heavy atom. The third-order valence-corrected chi connectivity index (χ3v) is 4.55. The molecule has 1 N–H and O–H groups in total. The van der Waals surface area contributed by atoms with E-state index in [1.165, 1.54) is 12.1 Å². The van der Waals surface area contributed by atoms with Crippen LogP contribution in [0, 0.1) is 5.82 Å². The molecule has 4 nitrogen and oxygen atoms in total. The first-order chi connectivity index (χ1) is 10.9. The molecule has 1 unspecified atom stereocenters. The van der Waals surface area contributed by atoms with Gasteiger partial charge in [-0.25, -0.2) is 13.2 Å². The van der Waals surface area contributed by atoms with E-state index in [9.17, 15) is 18.0 Å². The summed E-state index contributed by atoms with van der Waals surface area (Å²) >= 11 is 6.04. The molecule has 1 amide bonds. The van der Waals surface area contributed by atoms with Gasteiger partial charge < -0.3 is 9.80 Å². The molecule has 1 aromatic carbocycles. The summed E-state index contributed by atoms with van der Waals surface area (Å²) in [6, 6.07) is 3.38. The first-order valence-electron chi connectivity index (χ1n) is 7.46. The van der Waals surface area contributed by atoms with Crippen LogP contribution in [0.4, 0.5) is 18.9 Å². The summed E-state index contributed by atoms with van der Waals surface area (Å²) in [6.45, 7) is 1.46. The Labute approximate surface area is 149 Å². The van der Waals surface area contributed by atoms with Crippen LogP contribution in [0.3, 0.4) is 0 Å². The van der Waals surface area contributed by atoms with E-state index in [0.717, 1.165) is 0 Å². The first kappa shape index (κ1) is 19.1. The molecule has 0 aromatic heterocycles. The molecule has 1 atom stereocenters. The highest BCUT2D eigenvalue weighted by molar-refractivity contribution is 6.33. The maximum atomic E-state index is 13.2. The molecular weight excluding hydrogens is 366 g/mol. The van der Waals surface area contributed by atoms with Crippen LogP contribution in [-0.4, -0.2) is 55.5 Å². The van der Waals surface area contributed by atoms with Crippen molar-refractivity contribution in [1.29, 1.82) is 0 Å². The first-order valence-corrected chi connectivity index (χ1v) is 7.83. The van der Waals surface area contributed by atoms with Crippen LogP contribution >= 0.6 is 24.0 Å². The SMILES string of the molecule is Cl.O=C(C1CC(F)(F)CN1)N1CCN(c2ccc(F)cc2Cl)CC1. The average Bonchev–Trinajstić information content (AvgIpc) is 2.87. The van der Waals surface area contributed by atoms with Crippen LogP contribution in [0.25, 0.3) is 0 Å². The molecular formula is C15H18Cl2F3N3O. The van der Waals surface area contributed by atoms with E-state index in [0.29, 0.717) is 36.9 Å². The van der Waals surface area contributed by atoms with Crippen molar-refractivity contribution < 1.29 is 18.0 Å². The van der Waals surface area contributed by atoms with E-state index in [4.69, 9.17) is 11.6 Å². The van der Waals surface area contributed by atoms with Crippen molar-refractivity contribution in [2.75, 3.05) is 37.6 Å². The topological polar surface area (TPSA) is 35.6 Å². The van der Waals surface area contributed by atoms with Gasteiger partial charge in [0.2, 0.25) is 5.91 Å². The summed E-state index contributed by atoms with van der Waals surface area (Å²) < 4.78 is 39.5. The van der Waals surface area contributed by atoms with Gasteiger partial charge in [0, 0.05) is 32.6 Å². The Kier molecular flexibility index (Phi) is 5.88. The third-order valence-electron chi connectivity index (χ3n) is 4.25. The monoisotopic (exact) mass is 383 g/mol. The van der Waals surface area contributed by atoms with Gasteiger partial charge in [0.25, 0.3) is 5.92 Å². The normalized spacial score (nSPS) is 23.1. The molecule has 134 valence electrons. The minimum Gasteiger partial charge on any atom is -0.367 e. The van der Waals surface area contributed by atoms with Gasteiger partial charge in [-0.1, -0.05) is 11.6 Å². The largest absolute Gasteiger partial charge is 0.367 e. The molecule has 0 spiro atoms. The zero-order valence-corrected chi connectivity index (χ0v) is 14.3. The van der Waals surface area contributed by atoms with Gasteiger partial charge in [-0.05, 0) is 18.2 Å². The van der Waals surface area contributed by atoms with Crippen molar-refractivity contribution in [3.63, 3.8) is 0 Å². The number of alkyl halides is 2. The van der Waals surface area contributed by atoms with E-state index < -0.39 is 30.7 Å². The highest BCUT2D eigenvalue weighted by Crippen LogP contribution is 2.29. The molecule has 0 radical (unpaired) electrons. The van der Waals surface area contributed by atoms with Crippen molar-refractivity contribution >= 4 is 35.6 Å². The van der Waals surface area contributed by atoms with Crippen molar-refractivity contribution in [3.8, 4) is 0 Å². The molecule has 0 saturated carbocycles.